The SMILES string of the molecule is COc1ccc(CCN(C)CCCC(CNCC2=CC(C)(C)N(O)C2(C)C)(c2ccc(OC)c(OC)c2)C(C)C)cc1OC. The van der Waals surface area contributed by atoms with Crippen LogP contribution in [0.3, 0.4) is 0 Å². The van der Waals surface area contributed by atoms with Gasteiger partial charge in [0, 0.05) is 25.0 Å². The van der Waals surface area contributed by atoms with E-state index in [2.05, 4.69) is 75.3 Å². The van der Waals surface area contributed by atoms with Crippen molar-refractivity contribution in [2.24, 2.45) is 5.92 Å². The molecule has 0 saturated carbocycles. The topological polar surface area (TPSA) is 75.7 Å². The first-order valence-corrected chi connectivity index (χ1v) is 15.8. The smallest absolute Gasteiger partial charge is 0.161 e. The third-order valence-electron chi connectivity index (χ3n) is 9.60. The molecule has 8 nitrogen and oxygen atoms in total. The van der Waals surface area contributed by atoms with Gasteiger partial charge >= 0.3 is 0 Å². The number of rotatable bonds is 17. The van der Waals surface area contributed by atoms with E-state index < -0.39 is 11.1 Å². The van der Waals surface area contributed by atoms with E-state index in [0.29, 0.717) is 12.5 Å². The van der Waals surface area contributed by atoms with Crippen LogP contribution in [0.15, 0.2) is 48.0 Å². The van der Waals surface area contributed by atoms with Gasteiger partial charge in [0.05, 0.1) is 39.5 Å². The maximum absolute atomic E-state index is 10.8. The summed E-state index contributed by atoms with van der Waals surface area (Å²) in [6.45, 7) is 16.3. The first-order valence-electron chi connectivity index (χ1n) is 15.8. The van der Waals surface area contributed by atoms with Crippen molar-refractivity contribution in [3.63, 3.8) is 0 Å². The summed E-state index contributed by atoms with van der Waals surface area (Å²) >= 11 is 0. The van der Waals surface area contributed by atoms with E-state index in [1.165, 1.54) is 21.8 Å². The Morgan fingerprint density at radius 1 is 0.864 bits per heavy atom. The van der Waals surface area contributed by atoms with Gasteiger partial charge in [-0.15, -0.1) is 0 Å². The normalized spacial score (nSPS) is 17.5. The molecule has 0 spiro atoms. The fraction of sp³-hybridized carbons (Fsp3) is 0.611. The minimum atomic E-state index is -0.434. The Bertz CT molecular complexity index is 1260. The summed E-state index contributed by atoms with van der Waals surface area (Å²) in [5.41, 5.74) is 2.70. The van der Waals surface area contributed by atoms with Crippen molar-refractivity contribution in [2.45, 2.75) is 77.3 Å². The largest absolute Gasteiger partial charge is 0.493 e. The van der Waals surface area contributed by atoms with Gasteiger partial charge in [-0.25, -0.2) is 0 Å². The number of nitrogens with zero attached hydrogens (tertiary/aromatic N) is 2. The highest BCUT2D eigenvalue weighted by atomic mass is 16.5. The second kappa shape index (κ2) is 15.0. The molecule has 0 fully saturated rings. The van der Waals surface area contributed by atoms with Crippen LogP contribution in [-0.2, 0) is 11.8 Å². The molecule has 0 amide bonds. The summed E-state index contributed by atoms with van der Waals surface area (Å²) < 4.78 is 22.2. The van der Waals surface area contributed by atoms with Crippen molar-refractivity contribution >= 4 is 0 Å². The van der Waals surface area contributed by atoms with Crippen molar-refractivity contribution in [3.05, 3.63) is 59.2 Å². The van der Waals surface area contributed by atoms with Crippen LogP contribution in [0.25, 0.3) is 0 Å². The molecule has 1 atom stereocenters. The number of hydrogen-bond acceptors (Lipinski definition) is 8. The highest BCUT2D eigenvalue weighted by Gasteiger charge is 2.45. The highest BCUT2D eigenvalue weighted by Crippen LogP contribution is 2.42. The summed E-state index contributed by atoms with van der Waals surface area (Å²) in [5, 5.41) is 16.1. The zero-order valence-corrected chi connectivity index (χ0v) is 29.0. The second-order valence-corrected chi connectivity index (χ2v) is 13.5. The minimum Gasteiger partial charge on any atom is -0.493 e. The first-order chi connectivity index (χ1) is 20.7. The van der Waals surface area contributed by atoms with E-state index in [1.807, 2.05) is 26.0 Å². The van der Waals surface area contributed by atoms with Crippen LogP contribution in [0.4, 0.5) is 0 Å². The van der Waals surface area contributed by atoms with Gasteiger partial charge in [0.2, 0.25) is 0 Å². The number of likely N-dealkylation sites (N-methyl/N-ethyl adjacent to an activating group) is 1. The van der Waals surface area contributed by atoms with Gasteiger partial charge in [-0.3, -0.25) is 0 Å². The first kappa shape index (κ1) is 35.7. The number of hydroxylamine groups is 2. The zero-order valence-electron chi connectivity index (χ0n) is 29.0. The molecule has 1 unspecified atom stereocenters. The van der Waals surface area contributed by atoms with Crippen molar-refractivity contribution in [1.82, 2.24) is 15.3 Å². The summed E-state index contributed by atoms with van der Waals surface area (Å²) in [7, 11) is 8.91. The molecule has 2 aromatic carbocycles. The predicted octanol–water partition coefficient (Wildman–Crippen LogP) is 6.35. The molecule has 246 valence electrons. The Kier molecular flexibility index (Phi) is 12.2. The highest BCUT2D eigenvalue weighted by molar-refractivity contribution is 5.46. The predicted molar refractivity (Wildman–Crippen MR) is 179 cm³/mol. The number of ether oxygens (including phenoxy) is 4. The lowest BCUT2D eigenvalue weighted by Crippen LogP contribution is -2.49. The molecule has 44 heavy (non-hydrogen) atoms. The molecule has 2 N–H and O–H groups in total. The lowest BCUT2D eigenvalue weighted by molar-refractivity contribution is -0.185. The molecule has 0 radical (unpaired) electrons. The molecule has 1 heterocycles. The van der Waals surface area contributed by atoms with Crippen molar-refractivity contribution in [1.29, 1.82) is 0 Å². The number of benzene rings is 2. The van der Waals surface area contributed by atoms with Gasteiger partial charge in [0.25, 0.3) is 0 Å². The zero-order chi connectivity index (χ0) is 32.7. The van der Waals surface area contributed by atoms with Crippen LogP contribution >= 0.6 is 0 Å². The van der Waals surface area contributed by atoms with E-state index in [9.17, 15) is 5.21 Å². The van der Waals surface area contributed by atoms with Crippen LogP contribution in [-0.4, -0.2) is 87.9 Å². The maximum Gasteiger partial charge on any atom is 0.161 e. The van der Waals surface area contributed by atoms with Gasteiger partial charge in [-0.1, -0.05) is 32.1 Å². The van der Waals surface area contributed by atoms with E-state index in [1.54, 1.807) is 28.4 Å². The van der Waals surface area contributed by atoms with Crippen molar-refractivity contribution in [3.8, 4) is 23.0 Å². The lowest BCUT2D eigenvalue weighted by Gasteiger charge is -2.40. The molecule has 0 saturated heterocycles. The second-order valence-electron chi connectivity index (χ2n) is 13.5. The molecule has 0 aliphatic carbocycles. The maximum atomic E-state index is 10.8. The molecule has 0 bridgehead atoms. The monoisotopic (exact) mass is 611 g/mol. The minimum absolute atomic E-state index is 0.137. The Morgan fingerprint density at radius 3 is 2.00 bits per heavy atom. The average Bonchev–Trinajstić information content (AvgIpc) is 3.16. The summed E-state index contributed by atoms with van der Waals surface area (Å²) in [6, 6.07) is 12.5. The van der Waals surface area contributed by atoms with Gasteiger partial charge in [-0.05, 0) is 107 Å². The molecule has 1 aliphatic heterocycles. The molecule has 1 aliphatic rings. The molecule has 0 aromatic heterocycles. The van der Waals surface area contributed by atoms with Gasteiger partial charge in [-0.2, -0.15) is 5.06 Å². The number of methoxy groups -OCH3 is 4. The molecular formula is C36H57N3O5. The van der Waals surface area contributed by atoms with E-state index in [-0.39, 0.29) is 5.41 Å². The summed E-state index contributed by atoms with van der Waals surface area (Å²) in [4.78, 5) is 2.41. The lowest BCUT2D eigenvalue weighted by atomic mass is 9.68. The Hall–Kier alpha value is -2.78. The third-order valence-corrected chi connectivity index (χ3v) is 9.60. The molecule has 8 heteroatoms. The van der Waals surface area contributed by atoms with Gasteiger partial charge in [0.15, 0.2) is 23.0 Å². The summed E-state index contributed by atoms with van der Waals surface area (Å²) in [6.07, 6.45) is 5.18. The van der Waals surface area contributed by atoms with Crippen molar-refractivity contribution < 1.29 is 24.2 Å². The Morgan fingerprint density at radius 2 is 1.45 bits per heavy atom. The third kappa shape index (κ3) is 7.89. The standard InChI is InChI=1S/C36H57N3O5/c1-26(2)36(28-14-16-31(42-9)33(22-28)44-11,25-37-24-29-23-34(3,4)39(40)35(29,5)6)18-12-19-38(7)20-17-27-13-15-30(41-8)32(21-27)43-10/h13-16,21-23,26,37,40H,12,17-20,24-25H2,1-11H3. The average molecular weight is 612 g/mol. The molecule has 2 aromatic rings. The van der Waals surface area contributed by atoms with E-state index in [4.69, 9.17) is 18.9 Å². The quantitative estimate of drug-likeness (QED) is 0.201. The Balaban J connectivity index is 1.77. The van der Waals surface area contributed by atoms with Crippen molar-refractivity contribution in [2.75, 3.05) is 61.7 Å². The van der Waals surface area contributed by atoms with Crippen LogP contribution < -0.4 is 24.3 Å². The van der Waals surface area contributed by atoms with E-state index in [0.717, 1.165) is 61.9 Å². The summed E-state index contributed by atoms with van der Waals surface area (Å²) in [5.74, 6) is 3.37. The number of hydrogen-bond donors (Lipinski definition) is 2. The van der Waals surface area contributed by atoms with Crippen LogP contribution in [0.2, 0.25) is 0 Å². The van der Waals surface area contributed by atoms with Crippen LogP contribution in [0.1, 0.15) is 65.5 Å². The van der Waals surface area contributed by atoms with E-state index >= 15 is 0 Å². The van der Waals surface area contributed by atoms with Gasteiger partial charge in [0.1, 0.15) is 0 Å². The van der Waals surface area contributed by atoms with Gasteiger partial charge < -0.3 is 34.4 Å². The van der Waals surface area contributed by atoms with Crippen LogP contribution in [0, 0.1) is 5.92 Å². The molecular weight excluding hydrogens is 554 g/mol. The fourth-order valence-corrected chi connectivity index (χ4v) is 6.65. The van der Waals surface area contributed by atoms with Crippen LogP contribution in [0.5, 0.6) is 23.0 Å². The fourth-order valence-electron chi connectivity index (χ4n) is 6.65. The molecule has 3 rings (SSSR count). The number of nitrogens with one attached hydrogen (secondary N) is 1. The Labute approximate surface area is 266 Å².